The summed E-state index contributed by atoms with van der Waals surface area (Å²) in [6.07, 6.45) is -0.0119. The minimum Gasteiger partial charge on any atom is -0.358 e. The van der Waals surface area contributed by atoms with Crippen molar-refractivity contribution < 1.29 is 4.92 Å². The Kier molecular flexibility index (Phi) is 3.82. The number of halogens is 2. The largest absolute Gasteiger partial charge is 0.408 e. The molecule has 1 aromatic rings. The Bertz CT molecular complexity index is 534. The van der Waals surface area contributed by atoms with Crippen LogP contribution in [-0.2, 0) is 6.54 Å². The fraction of sp³-hybridized carbons (Fsp3) is 0.286. The summed E-state index contributed by atoms with van der Waals surface area (Å²) < 4.78 is 0.746. The van der Waals surface area contributed by atoms with E-state index in [4.69, 9.17) is 28.5 Å². The van der Waals surface area contributed by atoms with Gasteiger partial charge in [-0.25, -0.2) is 0 Å². The van der Waals surface area contributed by atoms with Crippen LogP contribution in [0.25, 0.3) is 0 Å². The number of rotatable bonds is 3. The van der Waals surface area contributed by atoms with Crippen LogP contribution >= 0.6 is 23.2 Å². The summed E-state index contributed by atoms with van der Waals surface area (Å²) in [5, 5.41) is 21.3. The van der Waals surface area contributed by atoms with Crippen molar-refractivity contribution in [2.75, 3.05) is 0 Å². The first-order valence-corrected chi connectivity index (χ1v) is 4.72. The molecule has 0 fully saturated rings. The van der Waals surface area contributed by atoms with Crippen molar-refractivity contribution in [2.45, 2.75) is 13.0 Å². The topological polar surface area (TPSA) is 102 Å². The molecule has 0 amide bonds. The fourth-order valence-electron chi connectivity index (χ4n) is 0.933. The highest BCUT2D eigenvalue weighted by Gasteiger charge is 2.23. The molecule has 0 bridgehead atoms. The Morgan fingerprint density at radius 3 is 2.62 bits per heavy atom. The molecule has 0 aliphatic rings. The van der Waals surface area contributed by atoms with E-state index in [1.807, 2.05) is 0 Å². The van der Waals surface area contributed by atoms with Crippen LogP contribution in [0.3, 0.4) is 0 Å². The lowest BCUT2D eigenvalue weighted by Crippen LogP contribution is -2.24. The average Bonchev–Trinajstić information content (AvgIpc) is 2.24. The van der Waals surface area contributed by atoms with Gasteiger partial charge in [-0.15, -0.1) is 4.68 Å². The lowest BCUT2D eigenvalue weighted by molar-refractivity contribution is -0.390. The van der Waals surface area contributed by atoms with Crippen LogP contribution in [0.1, 0.15) is 6.42 Å². The van der Waals surface area contributed by atoms with Crippen molar-refractivity contribution in [3.8, 4) is 6.07 Å². The zero-order chi connectivity index (χ0) is 12.3. The summed E-state index contributed by atoms with van der Waals surface area (Å²) in [5.41, 5.74) is -0.757. The SMILES string of the molecule is N#CCCn1nc([N+](=O)[O-])c(Cl)c(Cl)c1=O. The first kappa shape index (κ1) is 12.4. The Labute approximate surface area is 99.0 Å². The second kappa shape index (κ2) is 4.92. The van der Waals surface area contributed by atoms with E-state index in [1.54, 1.807) is 6.07 Å². The van der Waals surface area contributed by atoms with Crippen LogP contribution in [0.2, 0.25) is 10.0 Å². The van der Waals surface area contributed by atoms with Crippen LogP contribution in [0.5, 0.6) is 0 Å². The third-order valence-electron chi connectivity index (χ3n) is 1.64. The van der Waals surface area contributed by atoms with Crippen molar-refractivity contribution in [1.82, 2.24) is 9.78 Å². The van der Waals surface area contributed by atoms with Gasteiger partial charge in [0.2, 0.25) is 0 Å². The van der Waals surface area contributed by atoms with E-state index in [0.29, 0.717) is 0 Å². The molecule has 0 atom stereocenters. The minimum absolute atomic E-state index is 0.0119. The summed E-state index contributed by atoms with van der Waals surface area (Å²) in [4.78, 5) is 21.1. The standard InChI is InChI=1S/C7H4Cl2N4O3/c8-4-5(9)7(14)12(3-1-2-10)11-6(4)13(15)16/h1,3H2. The van der Waals surface area contributed by atoms with Crippen LogP contribution in [-0.4, -0.2) is 14.7 Å². The van der Waals surface area contributed by atoms with Gasteiger partial charge in [0.25, 0.3) is 0 Å². The van der Waals surface area contributed by atoms with Crippen molar-refractivity contribution in [1.29, 1.82) is 5.26 Å². The Hall–Kier alpha value is -1.65. The van der Waals surface area contributed by atoms with Crippen LogP contribution in [0.4, 0.5) is 5.82 Å². The summed E-state index contributed by atoms with van der Waals surface area (Å²) in [6.45, 7) is -0.0763. The molecule has 7 nitrogen and oxygen atoms in total. The van der Waals surface area contributed by atoms with E-state index in [2.05, 4.69) is 5.10 Å². The lowest BCUT2D eigenvalue weighted by atomic mass is 10.4. The van der Waals surface area contributed by atoms with Gasteiger partial charge in [-0.1, -0.05) is 23.2 Å². The third kappa shape index (κ3) is 2.29. The molecule has 16 heavy (non-hydrogen) atoms. The molecule has 0 unspecified atom stereocenters. The number of hydrogen-bond donors (Lipinski definition) is 0. The molecule has 84 valence electrons. The lowest BCUT2D eigenvalue weighted by Gasteiger charge is -2.00. The Balaban J connectivity index is 3.37. The van der Waals surface area contributed by atoms with Gasteiger partial charge in [-0.05, 0) is 4.92 Å². The van der Waals surface area contributed by atoms with Crippen LogP contribution < -0.4 is 5.56 Å². The van der Waals surface area contributed by atoms with E-state index < -0.39 is 26.3 Å². The summed E-state index contributed by atoms with van der Waals surface area (Å²) >= 11 is 11.0. The molecule has 0 aromatic carbocycles. The molecule has 1 rings (SSSR count). The van der Waals surface area contributed by atoms with E-state index in [0.717, 1.165) is 4.68 Å². The number of nitro groups is 1. The first-order valence-electron chi connectivity index (χ1n) is 3.96. The molecule has 0 saturated heterocycles. The molecule has 0 saturated carbocycles. The first-order chi connectivity index (χ1) is 7.49. The van der Waals surface area contributed by atoms with Gasteiger partial charge in [0, 0.05) is 0 Å². The van der Waals surface area contributed by atoms with E-state index >= 15 is 0 Å². The van der Waals surface area contributed by atoms with Gasteiger partial charge in [-0.2, -0.15) is 5.26 Å². The number of aryl methyl sites for hydroxylation is 1. The second-order valence-electron chi connectivity index (χ2n) is 2.65. The third-order valence-corrected chi connectivity index (χ3v) is 2.44. The van der Waals surface area contributed by atoms with Crippen LogP contribution in [0, 0.1) is 21.4 Å². The van der Waals surface area contributed by atoms with Gasteiger partial charge < -0.3 is 10.1 Å². The van der Waals surface area contributed by atoms with Crippen molar-refractivity contribution in [3.63, 3.8) is 0 Å². The quantitative estimate of drug-likeness (QED) is 0.605. The smallest absolute Gasteiger partial charge is 0.358 e. The van der Waals surface area contributed by atoms with Crippen LogP contribution in [0.15, 0.2) is 4.79 Å². The molecule has 0 spiro atoms. The number of nitriles is 1. The molecule has 1 heterocycles. The van der Waals surface area contributed by atoms with Gasteiger partial charge in [0.1, 0.15) is 5.02 Å². The molecule has 0 aliphatic heterocycles. The highest BCUT2D eigenvalue weighted by atomic mass is 35.5. The van der Waals surface area contributed by atoms with Crippen molar-refractivity contribution in [2.24, 2.45) is 0 Å². The monoisotopic (exact) mass is 262 g/mol. The van der Waals surface area contributed by atoms with Gasteiger partial charge in [-0.3, -0.25) is 4.79 Å². The molecule has 0 radical (unpaired) electrons. The molecular weight excluding hydrogens is 259 g/mol. The Morgan fingerprint density at radius 2 is 2.12 bits per heavy atom. The zero-order valence-corrected chi connectivity index (χ0v) is 9.20. The minimum atomic E-state index is -0.851. The predicted molar refractivity (Wildman–Crippen MR) is 55.4 cm³/mol. The van der Waals surface area contributed by atoms with Gasteiger partial charge >= 0.3 is 11.4 Å². The number of nitrogens with zero attached hydrogens (tertiary/aromatic N) is 4. The highest BCUT2D eigenvalue weighted by Crippen LogP contribution is 2.26. The van der Waals surface area contributed by atoms with E-state index in [9.17, 15) is 14.9 Å². The number of aromatic nitrogens is 2. The predicted octanol–water partition coefficient (Wildman–Crippen LogP) is 1.37. The maximum absolute atomic E-state index is 11.4. The Morgan fingerprint density at radius 1 is 1.50 bits per heavy atom. The highest BCUT2D eigenvalue weighted by molar-refractivity contribution is 6.42. The summed E-state index contributed by atoms with van der Waals surface area (Å²) in [5.74, 6) is -0.704. The summed E-state index contributed by atoms with van der Waals surface area (Å²) in [7, 11) is 0. The van der Waals surface area contributed by atoms with Gasteiger partial charge in [0.15, 0.2) is 5.02 Å². The fourth-order valence-corrected chi connectivity index (χ4v) is 1.30. The second-order valence-corrected chi connectivity index (χ2v) is 3.40. The normalized spacial score (nSPS) is 9.81. The van der Waals surface area contributed by atoms with Crippen molar-refractivity contribution in [3.05, 3.63) is 30.5 Å². The maximum atomic E-state index is 11.4. The molecule has 1 aromatic heterocycles. The van der Waals surface area contributed by atoms with E-state index in [1.165, 1.54) is 0 Å². The average molecular weight is 263 g/mol. The molecule has 0 N–H and O–H groups in total. The van der Waals surface area contributed by atoms with Gasteiger partial charge in [0.05, 0.1) is 24.1 Å². The summed E-state index contributed by atoms with van der Waals surface area (Å²) in [6, 6.07) is 1.78. The van der Waals surface area contributed by atoms with E-state index in [-0.39, 0.29) is 13.0 Å². The number of hydrogen-bond acceptors (Lipinski definition) is 5. The van der Waals surface area contributed by atoms with Crippen molar-refractivity contribution >= 4 is 29.0 Å². The molecule has 0 aliphatic carbocycles. The molecular formula is C7H4Cl2N4O3. The maximum Gasteiger partial charge on any atom is 0.408 e. The molecule has 9 heteroatoms. The zero-order valence-electron chi connectivity index (χ0n) is 7.68.